The Bertz CT molecular complexity index is 1170. The molecule has 2 aromatic carbocycles. The molecule has 3 N–H and O–H groups in total. The summed E-state index contributed by atoms with van der Waals surface area (Å²) in [4.78, 5) is 38.0. The topological polar surface area (TPSA) is 104 Å². The van der Waals surface area contributed by atoms with E-state index in [1.54, 1.807) is 24.3 Å². The molecule has 0 spiro atoms. The first-order valence-corrected chi connectivity index (χ1v) is 7.62. The normalized spacial score (nSPS) is 10.7. The quantitative estimate of drug-likeness (QED) is 0.535. The van der Waals surface area contributed by atoms with Crippen LogP contribution in [0.5, 0.6) is 0 Å². The van der Waals surface area contributed by atoms with Gasteiger partial charge in [-0.1, -0.05) is 42.5 Å². The number of benzene rings is 2. The molecule has 122 valence electrons. The smallest absolute Gasteiger partial charge is 0.260 e. The summed E-state index contributed by atoms with van der Waals surface area (Å²) in [5.74, 6) is 0.404. The molecule has 4 rings (SSSR count). The number of anilines is 2. The maximum atomic E-state index is 12.1. The summed E-state index contributed by atoms with van der Waals surface area (Å²) in [5.41, 5.74) is 1.32. The van der Waals surface area contributed by atoms with Gasteiger partial charge >= 0.3 is 0 Å². The van der Waals surface area contributed by atoms with Gasteiger partial charge in [0, 0.05) is 11.6 Å². The summed E-state index contributed by atoms with van der Waals surface area (Å²) in [6.07, 6.45) is 0. The first-order valence-electron chi connectivity index (χ1n) is 7.62. The van der Waals surface area contributed by atoms with Gasteiger partial charge in [-0.25, -0.2) is 9.97 Å². The summed E-state index contributed by atoms with van der Waals surface area (Å²) in [5, 5.41) is 3.35. The van der Waals surface area contributed by atoms with Gasteiger partial charge in [0.1, 0.15) is 0 Å². The van der Waals surface area contributed by atoms with E-state index >= 15 is 0 Å². The van der Waals surface area contributed by atoms with Crippen molar-refractivity contribution in [3.05, 3.63) is 81.4 Å². The van der Waals surface area contributed by atoms with Crippen molar-refractivity contribution in [2.24, 2.45) is 0 Å². The van der Waals surface area contributed by atoms with E-state index in [0.717, 1.165) is 5.56 Å². The van der Waals surface area contributed by atoms with Crippen molar-refractivity contribution in [2.45, 2.75) is 0 Å². The molecule has 0 aliphatic carbocycles. The Morgan fingerprint density at radius 3 is 2.36 bits per heavy atom. The van der Waals surface area contributed by atoms with Crippen LogP contribution < -0.4 is 16.4 Å². The van der Waals surface area contributed by atoms with Gasteiger partial charge < -0.3 is 0 Å². The molecule has 0 saturated carbocycles. The third-order valence-corrected chi connectivity index (χ3v) is 3.66. The summed E-state index contributed by atoms with van der Waals surface area (Å²) in [7, 11) is 0. The van der Waals surface area contributed by atoms with Crippen molar-refractivity contribution in [3.63, 3.8) is 0 Å². The number of nitrogens with one attached hydrogen (secondary N) is 3. The molecule has 7 nitrogen and oxygen atoms in total. The number of para-hydroxylation sites is 1. The highest BCUT2D eigenvalue weighted by Crippen LogP contribution is 2.16. The van der Waals surface area contributed by atoms with Gasteiger partial charge in [-0.2, -0.15) is 0 Å². The molecule has 0 bridgehead atoms. The van der Waals surface area contributed by atoms with Crippen LogP contribution in [0.1, 0.15) is 0 Å². The van der Waals surface area contributed by atoms with E-state index in [1.807, 2.05) is 30.3 Å². The molecule has 7 heteroatoms. The first kappa shape index (κ1) is 14.8. The van der Waals surface area contributed by atoms with Crippen molar-refractivity contribution in [2.75, 3.05) is 5.32 Å². The number of nitrogens with zero attached hydrogens (tertiary/aromatic N) is 2. The maximum absolute atomic E-state index is 12.1. The number of aromatic nitrogens is 4. The second-order valence-electron chi connectivity index (χ2n) is 5.40. The van der Waals surface area contributed by atoms with Crippen molar-refractivity contribution in [1.29, 1.82) is 0 Å². The van der Waals surface area contributed by atoms with Crippen LogP contribution in [0.3, 0.4) is 0 Å². The minimum Gasteiger partial charge on any atom is -0.296 e. The van der Waals surface area contributed by atoms with Crippen LogP contribution >= 0.6 is 0 Å². The molecule has 4 aromatic rings. The van der Waals surface area contributed by atoms with Crippen LogP contribution in [0.15, 0.2) is 70.3 Å². The van der Waals surface area contributed by atoms with E-state index in [-0.39, 0.29) is 23.0 Å². The van der Waals surface area contributed by atoms with Crippen molar-refractivity contribution >= 4 is 22.8 Å². The van der Waals surface area contributed by atoms with Gasteiger partial charge in [0.15, 0.2) is 0 Å². The first-order chi connectivity index (χ1) is 12.2. The lowest BCUT2D eigenvalue weighted by atomic mass is 10.1. The standard InChI is InChI=1S/C18H13N5O2/c24-15-10-14(11-6-2-1-3-7-11)20-17(21-15)23-18-19-13-9-5-4-8-12(13)16(25)22-18/h1-10H,(H3,19,20,21,22,23,24,25). The van der Waals surface area contributed by atoms with Gasteiger partial charge in [0.2, 0.25) is 11.9 Å². The summed E-state index contributed by atoms with van der Waals surface area (Å²) >= 11 is 0. The predicted octanol–water partition coefficient (Wildman–Crippen LogP) is 2.42. The van der Waals surface area contributed by atoms with Crippen molar-refractivity contribution in [3.8, 4) is 11.3 Å². The number of aromatic amines is 2. The van der Waals surface area contributed by atoms with Crippen LogP contribution in [0, 0.1) is 0 Å². The molecule has 0 aliphatic rings. The highest BCUT2D eigenvalue weighted by atomic mass is 16.1. The number of H-pyrrole nitrogens is 2. The molecular formula is C18H13N5O2. The average Bonchev–Trinajstić information content (AvgIpc) is 2.62. The molecule has 0 saturated heterocycles. The Balaban J connectivity index is 1.75. The Morgan fingerprint density at radius 2 is 1.52 bits per heavy atom. The number of fused-ring (bicyclic) bond motifs is 1. The van der Waals surface area contributed by atoms with Gasteiger partial charge in [0.05, 0.1) is 16.6 Å². The van der Waals surface area contributed by atoms with Gasteiger partial charge in [-0.3, -0.25) is 24.9 Å². The van der Waals surface area contributed by atoms with Crippen LogP contribution in [-0.2, 0) is 0 Å². The zero-order valence-electron chi connectivity index (χ0n) is 13.0. The van der Waals surface area contributed by atoms with Gasteiger partial charge in [0.25, 0.3) is 11.1 Å². The molecule has 2 heterocycles. The number of hydrogen-bond donors (Lipinski definition) is 3. The van der Waals surface area contributed by atoms with E-state index < -0.39 is 0 Å². The Kier molecular flexibility index (Phi) is 3.59. The van der Waals surface area contributed by atoms with Crippen LogP contribution in [0.2, 0.25) is 0 Å². The molecule has 2 aromatic heterocycles. The minimum atomic E-state index is -0.306. The van der Waals surface area contributed by atoms with E-state index in [9.17, 15) is 9.59 Å². The Morgan fingerprint density at radius 1 is 0.800 bits per heavy atom. The van der Waals surface area contributed by atoms with E-state index in [1.165, 1.54) is 6.07 Å². The monoisotopic (exact) mass is 331 g/mol. The maximum Gasteiger partial charge on any atom is 0.260 e. The van der Waals surface area contributed by atoms with Crippen LogP contribution in [0.4, 0.5) is 11.9 Å². The lowest BCUT2D eigenvalue weighted by Crippen LogP contribution is -2.15. The second-order valence-corrected chi connectivity index (χ2v) is 5.40. The van der Waals surface area contributed by atoms with Gasteiger partial charge in [-0.05, 0) is 12.1 Å². The average molecular weight is 331 g/mol. The summed E-state index contributed by atoms with van der Waals surface area (Å²) in [6, 6.07) is 17.8. The predicted molar refractivity (Wildman–Crippen MR) is 95.9 cm³/mol. The van der Waals surface area contributed by atoms with Crippen LogP contribution in [0.25, 0.3) is 22.2 Å². The van der Waals surface area contributed by atoms with Crippen LogP contribution in [-0.4, -0.2) is 19.9 Å². The largest absolute Gasteiger partial charge is 0.296 e. The fourth-order valence-electron chi connectivity index (χ4n) is 2.53. The third kappa shape index (κ3) is 3.02. The molecule has 0 amide bonds. The van der Waals surface area contributed by atoms with Crippen molar-refractivity contribution in [1.82, 2.24) is 19.9 Å². The second kappa shape index (κ2) is 6.04. The lowest BCUT2D eigenvalue weighted by molar-refractivity contribution is 1.09. The molecular weight excluding hydrogens is 318 g/mol. The lowest BCUT2D eigenvalue weighted by Gasteiger charge is -2.07. The molecule has 0 radical (unpaired) electrons. The fourth-order valence-corrected chi connectivity index (χ4v) is 2.53. The molecule has 0 aliphatic heterocycles. The van der Waals surface area contributed by atoms with Gasteiger partial charge in [-0.15, -0.1) is 0 Å². The Labute approximate surface area is 141 Å². The molecule has 0 fully saturated rings. The number of hydrogen-bond acceptors (Lipinski definition) is 5. The highest BCUT2D eigenvalue weighted by Gasteiger charge is 2.07. The molecule has 0 unspecified atom stereocenters. The SMILES string of the molecule is O=c1cc(-c2ccccc2)nc(Nc2nc3ccccc3c(=O)[nH]2)[nH]1. The number of rotatable bonds is 3. The zero-order valence-corrected chi connectivity index (χ0v) is 13.0. The van der Waals surface area contributed by atoms with E-state index in [2.05, 4.69) is 25.3 Å². The van der Waals surface area contributed by atoms with Crippen molar-refractivity contribution < 1.29 is 0 Å². The Hall–Kier alpha value is -3.74. The summed E-state index contributed by atoms with van der Waals surface area (Å²) < 4.78 is 0. The third-order valence-electron chi connectivity index (χ3n) is 3.66. The van der Waals surface area contributed by atoms with E-state index in [0.29, 0.717) is 16.6 Å². The fraction of sp³-hybridized carbons (Fsp3) is 0. The molecule has 0 atom stereocenters. The molecule has 25 heavy (non-hydrogen) atoms. The summed E-state index contributed by atoms with van der Waals surface area (Å²) in [6.45, 7) is 0. The zero-order chi connectivity index (χ0) is 17.2. The van der Waals surface area contributed by atoms with E-state index in [4.69, 9.17) is 0 Å². The highest BCUT2D eigenvalue weighted by molar-refractivity contribution is 5.78. The minimum absolute atomic E-state index is 0.199.